The smallest absolute Gasteiger partial charge is 0.227 e. The zero-order valence-electron chi connectivity index (χ0n) is 11.9. The molecule has 0 atom stereocenters. The van der Waals surface area contributed by atoms with E-state index >= 15 is 0 Å². The third-order valence-corrected chi connectivity index (χ3v) is 3.82. The van der Waals surface area contributed by atoms with Gasteiger partial charge in [-0.1, -0.05) is 17.3 Å². The Balaban J connectivity index is 1.54. The van der Waals surface area contributed by atoms with Gasteiger partial charge in [-0.3, -0.25) is 4.79 Å². The minimum absolute atomic E-state index is 0.132. The fourth-order valence-corrected chi connectivity index (χ4v) is 2.48. The monoisotopic (exact) mass is 314 g/mol. The summed E-state index contributed by atoms with van der Waals surface area (Å²) in [6.07, 6.45) is 2.37. The van der Waals surface area contributed by atoms with E-state index in [1.54, 1.807) is 23.6 Å². The lowest BCUT2D eigenvalue weighted by atomic mass is 10.3. The average molecular weight is 314 g/mol. The maximum atomic E-state index is 11.9. The number of hydrogen-bond acceptors (Lipinski definition) is 6. The second-order valence-electron chi connectivity index (χ2n) is 4.76. The summed E-state index contributed by atoms with van der Waals surface area (Å²) >= 11 is 1.54. The molecule has 3 rings (SSSR count). The minimum atomic E-state index is -0.132. The van der Waals surface area contributed by atoms with E-state index in [0.717, 1.165) is 10.4 Å². The van der Waals surface area contributed by atoms with E-state index in [-0.39, 0.29) is 12.3 Å². The van der Waals surface area contributed by atoms with Gasteiger partial charge in [0.05, 0.1) is 4.88 Å². The number of hydrogen-bond donors (Lipinski definition) is 1. The van der Waals surface area contributed by atoms with Crippen molar-refractivity contribution >= 4 is 23.1 Å². The Morgan fingerprint density at radius 1 is 1.36 bits per heavy atom. The van der Waals surface area contributed by atoms with Gasteiger partial charge in [-0.25, -0.2) is 4.98 Å². The number of aromatic nitrogens is 3. The molecule has 0 saturated heterocycles. The number of aryl methyl sites for hydroxylation is 2. The molecule has 112 valence electrons. The molecule has 7 heteroatoms. The lowest BCUT2D eigenvalue weighted by Gasteiger charge is -2.03. The van der Waals surface area contributed by atoms with E-state index in [4.69, 9.17) is 4.52 Å². The summed E-state index contributed by atoms with van der Waals surface area (Å²) in [5.74, 6) is 1.42. The molecule has 0 aromatic carbocycles. The van der Waals surface area contributed by atoms with Crippen LogP contribution in [0, 0.1) is 6.92 Å². The second kappa shape index (κ2) is 6.48. The minimum Gasteiger partial charge on any atom is -0.339 e. The Labute approximate surface area is 131 Å². The van der Waals surface area contributed by atoms with Crippen molar-refractivity contribution in [2.24, 2.45) is 0 Å². The first-order valence-corrected chi connectivity index (χ1v) is 7.67. The highest BCUT2D eigenvalue weighted by molar-refractivity contribution is 7.13. The number of thiophene rings is 1. The van der Waals surface area contributed by atoms with Crippen molar-refractivity contribution in [1.29, 1.82) is 0 Å². The first-order chi connectivity index (χ1) is 10.7. The predicted octanol–water partition coefficient (Wildman–Crippen LogP) is 3.07. The molecular weight excluding hydrogens is 300 g/mol. The van der Waals surface area contributed by atoms with Gasteiger partial charge in [0, 0.05) is 19.0 Å². The van der Waals surface area contributed by atoms with Gasteiger partial charge in [-0.05, 0) is 30.0 Å². The van der Waals surface area contributed by atoms with Crippen molar-refractivity contribution in [3.8, 4) is 10.7 Å². The van der Waals surface area contributed by atoms with Crippen LogP contribution < -0.4 is 5.32 Å². The standard InChI is InChI=1S/C15H14N4O2S/c1-10-4-5-12(16-9-10)17-13(20)6-7-14-18-15(19-21-14)11-3-2-8-22-11/h2-5,8-9H,6-7H2,1H3,(H,16,17,20). The Kier molecular flexibility index (Phi) is 4.24. The second-order valence-corrected chi connectivity index (χ2v) is 5.71. The maximum Gasteiger partial charge on any atom is 0.227 e. The molecular formula is C15H14N4O2S. The highest BCUT2D eigenvalue weighted by atomic mass is 32.1. The quantitative estimate of drug-likeness (QED) is 0.782. The summed E-state index contributed by atoms with van der Waals surface area (Å²) in [5, 5.41) is 8.60. The molecule has 0 unspecified atom stereocenters. The number of rotatable bonds is 5. The summed E-state index contributed by atoms with van der Waals surface area (Å²) < 4.78 is 5.15. The number of pyridine rings is 1. The SMILES string of the molecule is Cc1ccc(NC(=O)CCc2nc(-c3cccs3)no2)nc1. The van der Waals surface area contributed by atoms with Crippen molar-refractivity contribution in [1.82, 2.24) is 15.1 Å². The lowest BCUT2D eigenvalue weighted by molar-refractivity contribution is -0.116. The molecule has 0 saturated carbocycles. The van der Waals surface area contributed by atoms with Gasteiger partial charge in [-0.15, -0.1) is 11.3 Å². The van der Waals surface area contributed by atoms with Gasteiger partial charge in [0.25, 0.3) is 0 Å². The number of anilines is 1. The van der Waals surface area contributed by atoms with Crippen molar-refractivity contribution in [3.05, 3.63) is 47.3 Å². The summed E-state index contributed by atoms with van der Waals surface area (Å²) in [4.78, 5) is 21.2. The molecule has 0 fully saturated rings. The molecule has 0 aliphatic carbocycles. The van der Waals surface area contributed by atoms with Crippen LogP contribution >= 0.6 is 11.3 Å². The molecule has 22 heavy (non-hydrogen) atoms. The van der Waals surface area contributed by atoms with E-state index in [2.05, 4.69) is 20.4 Å². The molecule has 1 amide bonds. The van der Waals surface area contributed by atoms with Gasteiger partial charge >= 0.3 is 0 Å². The van der Waals surface area contributed by atoms with Crippen molar-refractivity contribution in [3.63, 3.8) is 0 Å². The first kappa shape index (κ1) is 14.4. The molecule has 0 radical (unpaired) electrons. The van der Waals surface area contributed by atoms with Crippen LogP contribution in [0.25, 0.3) is 10.7 Å². The van der Waals surface area contributed by atoms with Crippen molar-refractivity contribution in [2.75, 3.05) is 5.32 Å². The van der Waals surface area contributed by atoms with Crippen LogP contribution in [0.5, 0.6) is 0 Å². The number of nitrogens with zero attached hydrogens (tertiary/aromatic N) is 3. The Morgan fingerprint density at radius 3 is 3.00 bits per heavy atom. The highest BCUT2D eigenvalue weighted by Crippen LogP contribution is 2.21. The molecule has 0 aliphatic heterocycles. The number of carbonyl (C=O) groups is 1. The van der Waals surface area contributed by atoms with Gasteiger partial charge < -0.3 is 9.84 Å². The Hall–Kier alpha value is -2.54. The van der Waals surface area contributed by atoms with E-state index in [9.17, 15) is 4.79 Å². The zero-order valence-corrected chi connectivity index (χ0v) is 12.8. The van der Waals surface area contributed by atoms with Crippen LogP contribution in [0.15, 0.2) is 40.4 Å². The average Bonchev–Trinajstić information content (AvgIpc) is 3.18. The van der Waals surface area contributed by atoms with Gasteiger partial charge in [0.15, 0.2) is 0 Å². The molecule has 3 aromatic rings. The van der Waals surface area contributed by atoms with E-state index in [1.807, 2.05) is 30.5 Å². The number of amides is 1. The van der Waals surface area contributed by atoms with Gasteiger partial charge in [-0.2, -0.15) is 4.98 Å². The number of carbonyl (C=O) groups excluding carboxylic acids is 1. The van der Waals surface area contributed by atoms with Gasteiger partial charge in [0.1, 0.15) is 5.82 Å². The Bertz CT molecular complexity index is 750. The van der Waals surface area contributed by atoms with E-state index in [0.29, 0.717) is 24.0 Å². The molecule has 6 nitrogen and oxygen atoms in total. The van der Waals surface area contributed by atoms with Crippen molar-refractivity contribution < 1.29 is 9.32 Å². The van der Waals surface area contributed by atoms with Crippen molar-refractivity contribution in [2.45, 2.75) is 19.8 Å². The zero-order chi connectivity index (χ0) is 15.4. The largest absolute Gasteiger partial charge is 0.339 e. The van der Waals surface area contributed by atoms with Crippen LogP contribution in [0.2, 0.25) is 0 Å². The molecule has 3 aromatic heterocycles. The lowest BCUT2D eigenvalue weighted by Crippen LogP contribution is -2.13. The summed E-state index contributed by atoms with van der Waals surface area (Å²) in [5.41, 5.74) is 1.05. The maximum absolute atomic E-state index is 11.9. The summed E-state index contributed by atoms with van der Waals surface area (Å²) in [6, 6.07) is 7.52. The molecule has 0 spiro atoms. The van der Waals surface area contributed by atoms with E-state index < -0.39 is 0 Å². The normalized spacial score (nSPS) is 10.6. The highest BCUT2D eigenvalue weighted by Gasteiger charge is 2.11. The number of nitrogens with one attached hydrogen (secondary N) is 1. The first-order valence-electron chi connectivity index (χ1n) is 6.80. The molecule has 3 heterocycles. The topological polar surface area (TPSA) is 80.9 Å². The molecule has 0 bridgehead atoms. The van der Waals surface area contributed by atoms with Crippen LogP contribution in [0.3, 0.4) is 0 Å². The fourth-order valence-electron chi connectivity index (χ4n) is 1.83. The Morgan fingerprint density at radius 2 is 2.27 bits per heavy atom. The van der Waals surface area contributed by atoms with Crippen LogP contribution in [-0.2, 0) is 11.2 Å². The van der Waals surface area contributed by atoms with Crippen LogP contribution in [-0.4, -0.2) is 21.0 Å². The molecule has 0 aliphatic rings. The van der Waals surface area contributed by atoms with Crippen LogP contribution in [0.1, 0.15) is 17.9 Å². The fraction of sp³-hybridized carbons (Fsp3) is 0.200. The van der Waals surface area contributed by atoms with Gasteiger partial charge in [0.2, 0.25) is 17.6 Å². The van der Waals surface area contributed by atoms with E-state index in [1.165, 1.54) is 0 Å². The third kappa shape index (κ3) is 3.56. The summed E-state index contributed by atoms with van der Waals surface area (Å²) in [7, 11) is 0. The summed E-state index contributed by atoms with van der Waals surface area (Å²) in [6.45, 7) is 1.94. The third-order valence-electron chi connectivity index (χ3n) is 2.95. The predicted molar refractivity (Wildman–Crippen MR) is 83.5 cm³/mol. The molecule has 1 N–H and O–H groups in total. The van der Waals surface area contributed by atoms with Crippen LogP contribution in [0.4, 0.5) is 5.82 Å².